The van der Waals surface area contributed by atoms with Crippen molar-refractivity contribution in [3.05, 3.63) is 104 Å². The van der Waals surface area contributed by atoms with Crippen LogP contribution in [0.2, 0.25) is 0 Å². The second-order valence-electron chi connectivity index (χ2n) is 9.57. The van der Waals surface area contributed by atoms with Gasteiger partial charge < -0.3 is 9.80 Å². The fraction of sp³-hybridized carbons (Fsp3) is 0.321. The number of aryl methyl sites for hydroxylation is 1. The number of piperidine rings is 1. The fourth-order valence-electron chi connectivity index (χ4n) is 5.18. The number of nitrogens with zero attached hydrogens (tertiary/aromatic N) is 4. The topological polar surface area (TPSA) is 96.7 Å². The third-order valence-electron chi connectivity index (χ3n) is 7.13. The molecule has 8 nitrogen and oxygen atoms in total. The number of benzene rings is 2. The second-order valence-corrected chi connectivity index (χ2v) is 9.57. The van der Waals surface area contributed by atoms with Crippen molar-refractivity contribution < 1.29 is 14.5 Å². The molecule has 8 heteroatoms. The summed E-state index contributed by atoms with van der Waals surface area (Å²) in [7, 11) is 0. The van der Waals surface area contributed by atoms with Crippen molar-refractivity contribution in [2.24, 2.45) is 0 Å². The SMILES string of the molecule is Cc1ccc(C(=O)N2Cc3ccccc3C2)c(C2CCN(C(=O)Cc3cccc([N+](=O)[O-])c3)CC2)n1. The zero-order valence-corrected chi connectivity index (χ0v) is 20.2. The third kappa shape index (κ3) is 4.84. The van der Waals surface area contributed by atoms with Gasteiger partial charge in [0.25, 0.3) is 11.6 Å². The predicted molar refractivity (Wildman–Crippen MR) is 134 cm³/mol. The van der Waals surface area contributed by atoms with Crippen molar-refractivity contribution in [1.82, 2.24) is 14.8 Å². The number of carbonyl (C=O) groups excluding carboxylic acids is 2. The zero-order valence-electron chi connectivity index (χ0n) is 20.2. The number of likely N-dealkylation sites (tertiary alicyclic amines) is 1. The summed E-state index contributed by atoms with van der Waals surface area (Å²) in [5.41, 5.74) is 5.33. The highest BCUT2D eigenvalue weighted by Crippen LogP contribution is 2.32. The Bertz CT molecular complexity index is 1310. The van der Waals surface area contributed by atoms with Gasteiger partial charge in [-0.1, -0.05) is 36.4 Å². The number of carbonyl (C=O) groups is 2. The Morgan fingerprint density at radius 1 is 0.972 bits per heavy atom. The number of hydrogen-bond donors (Lipinski definition) is 0. The number of nitro benzene ring substituents is 1. The Labute approximate surface area is 209 Å². The van der Waals surface area contributed by atoms with Crippen LogP contribution < -0.4 is 0 Å². The van der Waals surface area contributed by atoms with Crippen LogP contribution in [0.5, 0.6) is 0 Å². The molecule has 1 saturated heterocycles. The van der Waals surface area contributed by atoms with Crippen molar-refractivity contribution in [3.63, 3.8) is 0 Å². The monoisotopic (exact) mass is 484 g/mol. The van der Waals surface area contributed by atoms with Crippen LogP contribution in [0.15, 0.2) is 60.7 Å². The summed E-state index contributed by atoms with van der Waals surface area (Å²) in [5, 5.41) is 11.0. The predicted octanol–water partition coefficient (Wildman–Crippen LogP) is 4.40. The van der Waals surface area contributed by atoms with E-state index >= 15 is 0 Å². The molecule has 0 aliphatic carbocycles. The minimum Gasteiger partial charge on any atom is -0.342 e. The second kappa shape index (κ2) is 9.89. The normalized spacial score (nSPS) is 15.6. The van der Waals surface area contributed by atoms with E-state index in [2.05, 4.69) is 12.1 Å². The van der Waals surface area contributed by atoms with Crippen molar-refractivity contribution in [2.75, 3.05) is 13.1 Å². The van der Waals surface area contributed by atoms with Crippen LogP contribution in [-0.4, -0.2) is 44.6 Å². The summed E-state index contributed by atoms with van der Waals surface area (Å²) in [5.74, 6) is 0.0471. The van der Waals surface area contributed by atoms with Gasteiger partial charge in [0.2, 0.25) is 5.91 Å². The molecule has 2 aromatic carbocycles. The van der Waals surface area contributed by atoms with Crippen molar-refractivity contribution >= 4 is 17.5 Å². The molecule has 0 unspecified atom stereocenters. The minimum atomic E-state index is -0.450. The number of nitro groups is 1. The quantitative estimate of drug-likeness (QED) is 0.395. The summed E-state index contributed by atoms with van der Waals surface area (Å²) in [6.07, 6.45) is 1.57. The molecule has 1 aromatic heterocycles. The molecule has 0 atom stereocenters. The molecule has 2 amide bonds. The molecule has 0 spiro atoms. The smallest absolute Gasteiger partial charge is 0.269 e. The maximum atomic E-state index is 13.5. The number of amides is 2. The van der Waals surface area contributed by atoms with Gasteiger partial charge in [-0.25, -0.2) is 0 Å². The van der Waals surface area contributed by atoms with Crippen LogP contribution >= 0.6 is 0 Å². The highest BCUT2D eigenvalue weighted by atomic mass is 16.6. The molecular formula is C28H28N4O4. The highest BCUT2D eigenvalue weighted by molar-refractivity contribution is 5.95. The van der Waals surface area contributed by atoms with E-state index < -0.39 is 4.92 Å². The molecule has 184 valence electrons. The van der Waals surface area contributed by atoms with Crippen LogP contribution in [0, 0.1) is 17.0 Å². The van der Waals surface area contributed by atoms with Gasteiger partial charge in [-0.15, -0.1) is 0 Å². The summed E-state index contributed by atoms with van der Waals surface area (Å²) < 4.78 is 0. The van der Waals surface area contributed by atoms with Crippen LogP contribution in [0.3, 0.4) is 0 Å². The highest BCUT2D eigenvalue weighted by Gasteiger charge is 2.31. The third-order valence-corrected chi connectivity index (χ3v) is 7.13. The number of aromatic nitrogens is 1. The van der Waals surface area contributed by atoms with Crippen molar-refractivity contribution in [1.29, 1.82) is 0 Å². The van der Waals surface area contributed by atoms with Crippen LogP contribution in [0.1, 0.15) is 57.2 Å². The maximum absolute atomic E-state index is 13.5. The average Bonchev–Trinajstić information content (AvgIpc) is 3.33. The van der Waals surface area contributed by atoms with E-state index in [0.717, 1.165) is 24.2 Å². The van der Waals surface area contributed by atoms with Gasteiger partial charge in [-0.05, 0) is 48.6 Å². The zero-order chi connectivity index (χ0) is 25.2. The molecule has 36 heavy (non-hydrogen) atoms. The van der Waals surface area contributed by atoms with Gasteiger partial charge >= 0.3 is 0 Å². The maximum Gasteiger partial charge on any atom is 0.269 e. The Hall–Kier alpha value is -4.07. The van der Waals surface area contributed by atoms with Gasteiger partial charge in [-0.2, -0.15) is 0 Å². The number of non-ortho nitro benzene ring substituents is 1. The summed E-state index contributed by atoms with van der Waals surface area (Å²) in [6.45, 7) is 4.27. The Kier molecular flexibility index (Phi) is 6.50. The summed E-state index contributed by atoms with van der Waals surface area (Å²) in [4.78, 5) is 45.4. The largest absolute Gasteiger partial charge is 0.342 e. The summed E-state index contributed by atoms with van der Waals surface area (Å²) >= 11 is 0. The van der Waals surface area contributed by atoms with Gasteiger partial charge in [0.05, 0.1) is 22.6 Å². The lowest BCUT2D eigenvalue weighted by Crippen LogP contribution is -2.39. The summed E-state index contributed by atoms with van der Waals surface area (Å²) in [6, 6.07) is 18.1. The molecule has 2 aliphatic heterocycles. The molecule has 2 aliphatic rings. The molecule has 0 radical (unpaired) electrons. The molecule has 0 saturated carbocycles. The number of rotatable bonds is 5. The fourth-order valence-corrected chi connectivity index (χ4v) is 5.18. The number of pyridine rings is 1. The Morgan fingerprint density at radius 2 is 1.67 bits per heavy atom. The average molecular weight is 485 g/mol. The van der Waals surface area contributed by atoms with Gasteiger partial charge in [0, 0.05) is 49.9 Å². The first kappa shape index (κ1) is 23.7. The Morgan fingerprint density at radius 3 is 2.33 bits per heavy atom. The lowest BCUT2D eigenvalue weighted by atomic mass is 9.89. The number of hydrogen-bond acceptors (Lipinski definition) is 5. The standard InChI is InChI=1S/C28H28N4O4/c1-19-9-10-25(28(34)31-17-22-6-2-3-7-23(22)18-31)27(29-19)21-11-13-30(14-12-21)26(33)16-20-5-4-8-24(15-20)32(35)36/h2-10,15,21H,11-14,16-18H2,1H3. The van der Waals surface area contributed by atoms with E-state index in [9.17, 15) is 19.7 Å². The first-order valence-corrected chi connectivity index (χ1v) is 12.2. The van der Waals surface area contributed by atoms with Crippen molar-refractivity contribution in [2.45, 2.75) is 45.2 Å². The van der Waals surface area contributed by atoms with E-state index in [1.54, 1.807) is 12.1 Å². The molecule has 1 fully saturated rings. The lowest BCUT2D eigenvalue weighted by Gasteiger charge is -2.33. The Balaban J connectivity index is 1.26. The molecule has 0 bridgehead atoms. The van der Waals surface area contributed by atoms with E-state index in [4.69, 9.17) is 4.98 Å². The van der Waals surface area contributed by atoms with Gasteiger partial charge in [0.1, 0.15) is 0 Å². The first-order valence-electron chi connectivity index (χ1n) is 12.2. The molecule has 3 heterocycles. The van der Waals surface area contributed by atoms with Crippen LogP contribution in [0.25, 0.3) is 0 Å². The molecular weight excluding hydrogens is 456 g/mol. The van der Waals surface area contributed by atoms with Gasteiger partial charge in [0.15, 0.2) is 0 Å². The van der Waals surface area contributed by atoms with E-state index in [1.165, 1.54) is 23.3 Å². The van der Waals surface area contributed by atoms with Crippen molar-refractivity contribution in [3.8, 4) is 0 Å². The lowest BCUT2D eigenvalue weighted by molar-refractivity contribution is -0.384. The van der Waals surface area contributed by atoms with Crippen LogP contribution in [0.4, 0.5) is 5.69 Å². The van der Waals surface area contributed by atoms with E-state index in [1.807, 2.05) is 41.0 Å². The van der Waals surface area contributed by atoms with Gasteiger partial charge in [-0.3, -0.25) is 24.7 Å². The molecule has 3 aromatic rings. The van der Waals surface area contributed by atoms with Crippen LogP contribution in [-0.2, 0) is 24.3 Å². The molecule has 0 N–H and O–H groups in total. The number of fused-ring (bicyclic) bond motifs is 1. The molecule has 5 rings (SSSR count). The van der Waals surface area contributed by atoms with E-state index in [0.29, 0.717) is 37.3 Å². The minimum absolute atomic E-state index is 0.00196. The first-order chi connectivity index (χ1) is 17.4. The van der Waals surface area contributed by atoms with E-state index in [-0.39, 0.29) is 29.8 Å².